The van der Waals surface area contributed by atoms with Crippen LogP contribution in [-0.4, -0.2) is 12.6 Å². The van der Waals surface area contributed by atoms with Crippen LogP contribution in [0.15, 0.2) is 18.2 Å². The van der Waals surface area contributed by atoms with Gasteiger partial charge in [-0.15, -0.1) is 0 Å². The zero-order chi connectivity index (χ0) is 11.3. The van der Waals surface area contributed by atoms with Gasteiger partial charge >= 0.3 is 0 Å². The zero-order valence-electron chi connectivity index (χ0n) is 8.67. The third kappa shape index (κ3) is 3.68. The molecule has 1 atom stereocenters. The van der Waals surface area contributed by atoms with Gasteiger partial charge in [0.2, 0.25) is 0 Å². The maximum Gasteiger partial charge on any atom is 0.183 e. The summed E-state index contributed by atoms with van der Waals surface area (Å²) < 4.78 is 18.8. The number of rotatable bonds is 5. The van der Waals surface area contributed by atoms with E-state index in [4.69, 9.17) is 22.1 Å². The summed E-state index contributed by atoms with van der Waals surface area (Å²) in [5, 5.41) is 0.0820. The summed E-state index contributed by atoms with van der Waals surface area (Å²) in [6.07, 6.45) is 1.62. The standard InChI is InChI=1S/C11H15ClFNO/c1-8(4-3-7-14)15-10-6-2-5-9(12)11(10)13/h2,5-6,8H,3-4,7,14H2,1H3. The number of ether oxygens (including phenoxy) is 1. The highest BCUT2D eigenvalue weighted by Crippen LogP contribution is 2.25. The maximum absolute atomic E-state index is 13.4. The molecule has 1 unspecified atom stereocenters. The molecule has 0 aromatic heterocycles. The van der Waals surface area contributed by atoms with Crippen molar-refractivity contribution in [3.63, 3.8) is 0 Å². The van der Waals surface area contributed by atoms with E-state index in [0.29, 0.717) is 6.54 Å². The summed E-state index contributed by atoms with van der Waals surface area (Å²) in [4.78, 5) is 0. The molecule has 0 fully saturated rings. The second-order valence-electron chi connectivity index (χ2n) is 3.41. The molecule has 84 valence electrons. The summed E-state index contributed by atoms with van der Waals surface area (Å²) in [5.41, 5.74) is 5.37. The molecule has 1 aromatic rings. The summed E-state index contributed by atoms with van der Waals surface area (Å²) >= 11 is 5.63. The molecule has 0 amide bonds. The first-order valence-corrected chi connectivity index (χ1v) is 5.33. The highest BCUT2D eigenvalue weighted by Gasteiger charge is 2.10. The lowest BCUT2D eigenvalue weighted by Gasteiger charge is -2.14. The van der Waals surface area contributed by atoms with Crippen LogP contribution < -0.4 is 10.5 Å². The molecule has 4 heteroatoms. The molecule has 0 saturated carbocycles. The molecular weight excluding hydrogens is 217 g/mol. The first-order chi connectivity index (χ1) is 7.15. The van der Waals surface area contributed by atoms with Crippen molar-refractivity contribution in [3.05, 3.63) is 29.0 Å². The zero-order valence-corrected chi connectivity index (χ0v) is 9.43. The minimum Gasteiger partial charge on any atom is -0.488 e. The monoisotopic (exact) mass is 231 g/mol. The SMILES string of the molecule is CC(CCCN)Oc1cccc(Cl)c1F. The number of benzene rings is 1. The van der Waals surface area contributed by atoms with Crippen molar-refractivity contribution >= 4 is 11.6 Å². The minimum atomic E-state index is -0.501. The van der Waals surface area contributed by atoms with Gasteiger partial charge in [0.05, 0.1) is 11.1 Å². The summed E-state index contributed by atoms with van der Waals surface area (Å²) in [7, 11) is 0. The van der Waals surface area contributed by atoms with Crippen LogP contribution in [-0.2, 0) is 0 Å². The molecule has 0 spiro atoms. The fourth-order valence-corrected chi connectivity index (χ4v) is 1.42. The lowest BCUT2D eigenvalue weighted by molar-refractivity contribution is 0.200. The van der Waals surface area contributed by atoms with Gasteiger partial charge in [0.15, 0.2) is 11.6 Å². The Morgan fingerprint density at radius 2 is 2.27 bits per heavy atom. The number of halogens is 2. The smallest absolute Gasteiger partial charge is 0.183 e. The van der Waals surface area contributed by atoms with Crippen molar-refractivity contribution in [1.82, 2.24) is 0 Å². The largest absolute Gasteiger partial charge is 0.488 e. The van der Waals surface area contributed by atoms with E-state index in [1.807, 2.05) is 6.92 Å². The predicted molar refractivity (Wildman–Crippen MR) is 59.8 cm³/mol. The Morgan fingerprint density at radius 3 is 2.93 bits per heavy atom. The normalized spacial score (nSPS) is 12.5. The molecule has 1 aromatic carbocycles. The van der Waals surface area contributed by atoms with Gasteiger partial charge in [-0.05, 0) is 38.4 Å². The molecule has 0 heterocycles. The Balaban J connectivity index is 2.60. The molecule has 0 radical (unpaired) electrons. The third-order valence-electron chi connectivity index (χ3n) is 2.06. The second kappa shape index (κ2) is 5.93. The van der Waals surface area contributed by atoms with Crippen LogP contribution in [0.4, 0.5) is 4.39 Å². The Kier molecular flexibility index (Phi) is 4.85. The van der Waals surface area contributed by atoms with Crippen LogP contribution in [0.2, 0.25) is 5.02 Å². The van der Waals surface area contributed by atoms with Gasteiger partial charge in [-0.3, -0.25) is 0 Å². The molecule has 2 nitrogen and oxygen atoms in total. The molecule has 15 heavy (non-hydrogen) atoms. The molecule has 0 saturated heterocycles. The van der Waals surface area contributed by atoms with Crippen LogP contribution in [0.1, 0.15) is 19.8 Å². The molecule has 2 N–H and O–H groups in total. The summed E-state index contributed by atoms with van der Waals surface area (Å²) in [5.74, 6) is -0.300. The van der Waals surface area contributed by atoms with Gasteiger partial charge in [0, 0.05) is 0 Å². The second-order valence-corrected chi connectivity index (χ2v) is 3.82. The molecule has 0 aliphatic carbocycles. The van der Waals surface area contributed by atoms with E-state index in [0.717, 1.165) is 12.8 Å². The molecule has 0 aliphatic heterocycles. The van der Waals surface area contributed by atoms with Gasteiger partial charge in [-0.25, -0.2) is 4.39 Å². The Hall–Kier alpha value is -0.800. The number of hydrogen-bond donors (Lipinski definition) is 1. The van der Waals surface area contributed by atoms with Crippen LogP contribution >= 0.6 is 11.6 Å². The van der Waals surface area contributed by atoms with Gasteiger partial charge in [0.1, 0.15) is 0 Å². The fourth-order valence-electron chi connectivity index (χ4n) is 1.26. The van der Waals surface area contributed by atoms with E-state index in [9.17, 15) is 4.39 Å². The van der Waals surface area contributed by atoms with E-state index >= 15 is 0 Å². The molecule has 0 bridgehead atoms. The van der Waals surface area contributed by atoms with Crippen molar-refractivity contribution in [2.45, 2.75) is 25.9 Å². The Bertz CT molecular complexity index is 319. The highest BCUT2D eigenvalue weighted by atomic mass is 35.5. The van der Waals surface area contributed by atoms with E-state index in [-0.39, 0.29) is 16.9 Å². The summed E-state index contributed by atoms with van der Waals surface area (Å²) in [6, 6.07) is 4.73. The molecule has 1 rings (SSSR count). The van der Waals surface area contributed by atoms with Crippen molar-refractivity contribution in [2.24, 2.45) is 5.73 Å². The van der Waals surface area contributed by atoms with Gasteiger partial charge in [-0.1, -0.05) is 17.7 Å². The van der Waals surface area contributed by atoms with Crippen LogP contribution in [0.25, 0.3) is 0 Å². The first kappa shape index (κ1) is 12.3. The average molecular weight is 232 g/mol. The number of nitrogens with two attached hydrogens (primary N) is 1. The lowest BCUT2D eigenvalue weighted by Crippen LogP contribution is -2.14. The minimum absolute atomic E-state index is 0.0542. The molecule has 0 aliphatic rings. The Morgan fingerprint density at radius 1 is 1.53 bits per heavy atom. The highest BCUT2D eigenvalue weighted by molar-refractivity contribution is 6.30. The van der Waals surface area contributed by atoms with Crippen molar-refractivity contribution in [1.29, 1.82) is 0 Å². The Labute approximate surface area is 94.2 Å². The van der Waals surface area contributed by atoms with Crippen LogP contribution in [0, 0.1) is 5.82 Å². The van der Waals surface area contributed by atoms with E-state index in [1.54, 1.807) is 12.1 Å². The quantitative estimate of drug-likeness (QED) is 0.846. The predicted octanol–water partition coefficient (Wildman–Crippen LogP) is 2.99. The first-order valence-electron chi connectivity index (χ1n) is 4.96. The number of hydrogen-bond acceptors (Lipinski definition) is 2. The van der Waals surface area contributed by atoms with Crippen molar-refractivity contribution < 1.29 is 9.13 Å². The topological polar surface area (TPSA) is 35.2 Å². The van der Waals surface area contributed by atoms with Crippen molar-refractivity contribution in [3.8, 4) is 5.75 Å². The fraction of sp³-hybridized carbons (Fsp3) is 0.455. The molecular formula is C11H15ClFNO. The maximum atomic E-state index is 13.4. The van der Waals surface area contributed by atoms with Crippen LogP contribution in [0.3, 0.4) is 0 Å². The van der Waals surface area contributed by atoms with Crippen molar-refractivity contribution in [2.75, 3.05) is 6.54 Å². The van der Waals surface area contributed by atoms with Gasteiger partial charge in [0.25, 0.3) is 0 Å². The average Bonchev–Trinajstić information content (AvgIpc) is 2.22. The van der Waals surface area contributed by atoms with E-state index < -0.39 is 5.82 Å². The van der Waals surface area contributed by atoms with Crippen LogP contribution in [0.5, 0.6) is 5.75 Å². The van der Waals surface area contributed by atoms with Gasteiger partial charge < -0.3 is 10.5 Å². The summed E-state index contributed by atoms with van der Waals surface area (Å²) in [6.45, 7) is 2.50. The van der Waals surface area contributed by atoms with E-state index in [1.165, 1.54) is 6.07 Å². The van der Waals surface area contributed by atoms with Gasteiger partial charge in [-0.2, -0.15) is 0 Å². The van der Waals surface area contributed by atoms with E-state index in [2.05, 4.69) is 0 Å². The lowest BCUT2D eigenvalue weighted by atomic mass is 10.2. The third-order valence-corrected chi connectivity index (χ3v) is 2.35.